The van der Waals surface area contributed by atoms with E-state index in [4.69, 9.17) is 4.74 Å². The molecule has 5 heteroatoms. The zero-order chi connectivity index (χ0) is 17.3. The predicted molar refractivity (Wildman–Crippen MR) is 93.9 cm³/mol. The Morgan fingerprint density at radius 2 is 1.92 bits per heavy atom. The van der Waals surface area contributed by atoms with Crippen molar-refractivity contribution in [3.63, 3.8) is 0 Å². The van der Waals surface area contributed by atoms with Crippen LogP contribution in [0, 0.1) is 5.82 Å². The van der Waals surface area contributed by atoms with E-state index in [9.17, 15) is 9.18 Å². The molecule has 1 atom stereocenters. The summed E-state index contributed by atoms with van der Waals surface area (Å²) in [6.07, 6.45) is 4.88. The highest BCUT2D eigenvalue weighted by atomic mass is 19.1. The van der Waals surface area contributed by atoms with Gasteiger partial charge in [-0.25, -0.2) is 4.39 Å². The number of carbonyl (C=O) groups is 1. The van der Waals surface area contributed by atoms with E-state index in [1.165, 1.54) is 25.0 Å². The molecule has 0 aromatic heterocycles. The molecule has 3 aliphatic rings. The van der Waals surface area contributed by atoms with Crippen LogP contribution in [-0.2, 0) is 14.9 Å². The Labute approximate surface area is 148 Å². The number of likely N-dealkylation sites (tertiary alicyclic amines) is 2. The van der Waals surface area contributed by atoms with Gasteiger partial charge in [0.25, 0.3) is 0 Å². The smallest absolute Gasteiger partial charge is 0.233 e. The van der Waals surface area contributed by atoms with E-state index >= 15 is 0 Å². The summed E-state index contributed by atoms with van der Waals surface area (Å²) in [7, 11) is 0. The summed E-state index contributed by atoms with van der Waals surface area (Å²) in [4.78, 5) is 18.1. The monoisotopic (exact) mass is 346 g/mol. The van der Waals surface area contributed by atoms with Gasteiger partial charge in [-0.15, -0.1) is 0 Å². The number of hydrogen-bond acceptors (Lipinski definition) is 3. The van der Waals surface area contributed by atoms with Gasteiger partial charge < -0.3 is 9.64 Å². The van der Waals surface area contributed by atoms with Crippen molar-refractivity contribution < 1.29 is 13.9 Å². The van der Waals surface area contributed by atoms with Crippen molar-refractivity contribution >= 4 is 5.91 Å². The second-order valence-corrected chi connectivity index (χ2v) is 7.64. The molecule has 0 spiro atoms. The van der Waals surface area contributed by atoms with Crippen LogP contribution < -0.4 is 0 Å². The van der Waals surface area contributed by atoms with E-state index in [-0.39, 0.29) is 11.7 Å². The van der Waals surface area contributed by atoms with Crippen LogP contribution in [0.15, 0.2) is 24.3 Å². The third-order valence-corrected chi connectivity index (χ3v) is 6.24. The zero-order valence-electron chi connectivity index (χ0n) is 14.8. The summed E-state index contributed by atoms with van der Waals surface area (Å²) >= 11 is 0. The highest BCUT2D eigenvalue weighted by Crippen LogP contribution is 2.38. The molecule has 0 bridgehead atoms. The number of rotatable bonds is 3. The van der Waals surface area contributed by atoms with Crippen molar-refractivity contribution in [2.45, 2.75) is 43.6 Å². The normalized spacial score (nSPS) is 26.9. The van der Waals surface area contributed by atoms with Crippen LogP contribution in [0.5, 0.6) is 0 Å². The van der Waals surface area contributed by atoms with E-state index in [1.54, 1.807) is 6.07 Å². The lowest BCUT2D eigenvalue weighted by Crippen LogP contribution is -2.50. The molecule has 3 fully saturated rings. The molecule has 1 aromatic carbocycles. The highest BCUT2D eigenvalue weighted by molar-refractivity contribution is 5.88. The fourth-order valence-electron chi connectivity index (χ4n) is 4.77. The van der Waals surface area contributed by atoms with Crippen molar-refractivity contribution in [2.24, 2.45) is 0 Å². The maximum absolute atomic E-state index is 13.8. The Balaban J connectivity index is 1.56. The van der Waals surface area contributed by atoms with Gasteiger partial charge in [-0.05, 0) is 62.9 Å². The van der Waals surface area contributed by atoms with E-state index in [0.29, 0.717) is 32.1 Å². The summed E-state index contributed by atoms with van der Waals surface area (Å²) in [6.45, 7) is 5.08. The third-order valence-electron chi connectivity index (χ3n) is 6.24. The molecule has 3 heterocycles. The van der Waals surface area contributed by atoms with Crippen LogP contribution in [0.4, 0.5) is 4.39 Å². The molecule has 1 amide bonds. The molecule has 4 rings (SSSR count). The molecule has 0 aliphatic carbocycles. The van der Waals surface area contributed by atoms with Gasteiger partial charge in [0.2, 0.25) is 5.91 Å². The predicted octanol–water partition coefficient (Wildman–Crippen LogP) is 2.57. The van der Waals surface area contributed by atoms with Crippen molar-refractivity contribution in [3.8, 4) is 0 Å². The number of amides is 1. The van der Waals surface area contributed by atoms with Crippen LogP contribution in [0.3, 0.4) is 0 Å². The average Bonchev–Trinajstić information content (AvgIpc) is 3.33. The molecule has 0 unspecified atom stereocenters. The first kappa shape index (κ1) is 17.0. The summed E-state index contributed by atoms with van der Waals surface area (Å²) in [5, 5.41) is 0. The highest BCUT2D eigenvalue weighted by Gasteiger charge is 2.46. The molecule has 3 saturated heterocycles. The number of ether oxygens (including phenoxy) is 1. The van der Waals surface area contributed by atoms with Crippen LogP contribution in [-0.4, -0.2) is 61.1 Å². The zero-order valence-corrected chi connectivity index (χ0v) is 14.8. The summed E-state index contributed by atoms with van der Waals surface area (Å²) in [5.41, 5.74) is 0.186. The van der Waals surface area contributed by atoms with E-state index in [0.717, 1.165) is 38.2 Å². The molecule has 0 radical (unpaired) electrons. The number of hydrogen-bond donors (Lipinski definition) is 0. The second kappa shape index (κ2) is 7.04. The SMILES string of the molecule is O=C(N1CC[C@@H](N2CCCC2)C1)C1(c2cccc(F)c2)CCOCC1. The molecular formula is C20H27FN2O2. The Morgan fingerprint density at radius 1 is 1.16 bits per heavy atom. The van der Waals surface area contributed by atoms with Crippen LogP contribution in [0.2, 0.25) is 0 Å². The lowest BCUT2D eigenvalue weighted by atomic mass is 9.73. The lowest BCUT2D eigenvalue weighted by molar-refractivity contribution is -0.140. The molecule has 0 saturated carbocycles. The largest absolute Gasteiger partial charge is 0.381 e. The molecule has 1 aromatic rings. The number of carbonyl (C=O) groups excluding carboxylic acids is 1. The minimum Gasteiger partial charge on any atom is -0.381 e. The quantitative estimate of drug-likeness (QED) is 0.843. The van der Waals surface area contributed by atoms with Crippen LogP contribution in [0.1, 0.15) is 37.7 Å². The van der Waals surface area contributed by atoms with Gasteiger partial charge in [-0.3, -0.25) is 9.69 Å². The van der Waals surface area contributed by atoms with Crippen LogP contribution >= 0.6 is 0 Å². The van der Waals surface area contributed by atoms with E-state index in [1.807, 2.05) is 11.0 Å². The molecule has 3 aliphatic heterocycles. The molecule has 4 nitrogen and oxygen atoms in total. The third kappa shape index (κ3) is 3.20. The maximum Gasteiger partial charge on any atom is 0.233 e. The molecular weight excluding hydrogens is 319 g/mol. The van der Waals surface area contributed by atoms with E-state index in [2.05, 4.69) is 4.90 Å². The minimum absolute atomic E-state index is 0.170. The Hall–Kier alpha value is -1.46. The van der Waals surface area contributed by atoms with Crippen molar-refractivity contribution in [2.75, 3.05) is 39.4 Å². The summed E-state index contributed by atoms with van der Waals surface area (Å²) < 4.78 is 19.4. The minimum atomic E-state index is -0.625. The van der Waals surface area contributed by atoms with Gasteiger partial charge >= 0.3 is 0 Å². The second-order valence-electron chi connectivity index (χ2n) is 7.64. The maximum atomic E-state index is 13.8. The Morgan fingerprint density at radius 3 is 2.64 bits per heavy atom. The topological polar surface area (TPSA) is 32.8 Å². The number of nitrogens with zero attached hydrogens (tertiary/aromatic N) is 2. The van der Waals surface area contributed by atoms with Crippen LogP contribution in [0.25, 0.3) is 0 Å². The summed E-state index contributed by atoms with van der Waals surface area (Å²) in [5.74, 6) is -0.101. The van der Waals surface area contributed by atoms with E-state index < -0.39 is 5.41 Å². The first-order valence-electron chi connectivity index (χ1n) is 9.56. The van der Waals surface area contributed by atoms with Gasteiger partial charge in [-0.1, -0.05) is 12.1 Å². The van der Waals surface area contributed by atoms with Crippen molar-refractivity contribution in [3.05, 3.63) is 35.6 Å². The van der Waals surface area contributed by atoms with Gasteiger partial charge in [0.1, 0.15) is 5.82 Å². The number of halogens is 1. The number of benzene rings is 1. The first-order valence-corrected chi connectivity index (χ1v) is 9.56. The standard InChI is InChI=1S/C20H27FN2O2/c21-17-5-3-4-16(14-17)20(7-12-25-13-8-20)19(24)23-11-6-18(15-23)22-9-1-2-10-22/h3-5,14,18H,1-2,6-13,15H2/t18-/m1/s1. The molecule has 0 N–H and O–H groups in total. The first-order chi connectivity index (χ1) is 12.2. The summed E-state index contributed by atoms with van der Waals surface area (Å²) in [6, 6.07) is 7.10. The Bertz CT molecular complexity index is 624. The fourth-order valence-corrected chi connectivity index (χ4v) is 4.77. The lowest BCUT2D eigenvalue weighted by Gasteiger charge is -2.39. The molecule has 25 heavy (non-hydrogen) atoms. The van der Waals surface area contributed by atoms with Gasteiger partial charge in [0.05, 0.1) is 5.41 Å². The van der Waals surface area contributed by atoms with Gasteiger partial charge in [-0.2, -0.15) is 0 Å². The average molecular weight is 346 g/mol. The van der Waals surface area contributed by atoms with Crippen molar-refractivity contribution in [1.82, 2.24) is 9.80 Å². The Kier molecular flexibility index (Phi) is 4.78. The van der Waals surface area contributed by atoms with Gasteiger partial charge in [0, 0.05) is 32.3 Å². The fraction of sp³-hybridized carbons (Fsp3) is 0.650. The van der Waals surface area contributed by atoms with Gasteiger partial charge in [0.15, 0.2) is 0 Å². The molecule has 136 valence electrons. The van der Waals surface area contributed by atoms with Crippen molar-refractivity contribution in [1.29, 1.82) is 0 Å².